The lowest BCUT2D eigenvalue weighted by molar-refractivity contribution is 0.529. The number of halogens is 1. The first-order chi connectivity index (χ1) is 17.9. The number of fused-ring (bicyclic) bond motifs is 1. The number of aromatic nitrogens is 4. The van der Waals surface area contributed by atoms with Crippen molar-refractivity contribution < 1.29 is 0 Å². The van der Waals surface area contributed by atoms with E-state index in [2.05, 4.69) is 72.5 Å². The van der Waals surface area contributed by atoms with Crippen molar-refractivity contribution in [1.29, 1.82) is 0 Å². The second-order valence-electron chi connectivity index (χ2n) is 11.7. The fourth-order valence-corrected chi connectivity index (χ4v) is 5.36. The molecule has 0 spiro atoms. The molecule has 0 unspecified atom stereocenters. The number of rotatable bonds is 18. The summed E-state index contributed by atoms with van der Waals surface area (Å²) in [5, 5.41) is 13.5. The highest BCUT2D eigenvalue weighted by Crippen LogP contribution is 2.31. The molecule has 0 radical (unpaired) electrons. The minimum absolute atomic E-state index is 0.121. The predicted octanol–water partition coefficient (Wildman–Crippen LogP) is 9.25. The largest absolute Gasteiger partial charge is 0.320 e. The number of benzene rings is 1. The quantitative estimate of drug-likeness (QED) is 0.162. The van der Waals surface area contributed by atoms with Crippen molar-refractivity contribution in [3.63, 3.8) is 0 Å². The summed E-state index contributed by atoms with van der Waals surface area (Å²) in [5.74, 6) is 0.790. The Bertz CT molecular complexity index is 1050. The van der Waals surface area contributed by atoms with Gasteiger partial charge in [0, 0.05) is 17.5 Å². The molecule has 2 heterocycles. The van der Waals surface area contributed by atoms with E-state index in [1.165, 1.54) is 95.5 Å². The Balaban J connectivity index is 1.27. The van der Waals surface area contributed by atoms with Crippen LogP contribution in [0.4, 0.5) is 0 Å². The molecular formula is C31H50ClN5. The molecule has 2 aromatic heterocycles. The van der Waals surface area contributed by atoms with E-state index in [0.717, 1.165) is 35.8 Å². The van der Waals surface area contributed by atoms with E-state index < -0.39 is 0 Å². The van der Waals surface area contributed by atoms with E-state index in [1.807, 2.05) is 0 Å². The van der Waals surface area contributed by atoms with Gasteiger partial charge in [-0.1, -0.05) is 141 Å². The second-order valence-corrected chi connectivity index (χ2v) is 12.1. The van der Waals surface area contributed by atoms with Gasteiger partial charge in [0.1, 0.15) is 5.02 Å². The number of hydrogen-bond acceptors (Lipinski definition) is 3. The number of nitrogens with one attached hydrogen (secondary N) is 2. The maximum atomic E-state index is 6.59. The van der Waals surface area contributed by atoms with Gasteiger partial charge < -0.3 is 10.3 Å². The summed E-state index contributed by atoms with van der Waals surface area (Å²) in [6.07, 6.45) is 19.6. The Morgan fingerprint density at radius 2 is 1.43 bits per heavy atom. The molecule has 206 valence electrons. The van der Waals surface area contributed by atoms with Gasteiger partial charge in [0.25, 0.3) is 0 Å². The third-order valence-electron chi connectivity index (χ3n) is 7.19. The van der Waals surface area contributed by atoms with Crippen LogP contribution in [0.25, 0.3) is 17.0 Å². The number of nitrogens with zero attached hydrogens (tertiary/aromatic N) is 3. The topological polar surface area (TPSA) is 58.0 Å². The number of unbranched alkanes of at least 4 members (excludes halogenated alkanes) is 13. The molecule has 6 heteroatoms. The molecule has 1 aromatic carbocycles. The van der Waals surface area contributed by atoms with E-state index in [4.69, 9.17) is 11.6 Å². The average Bonchev–Trinajstić information content (AvgIpc) is 3.43. The van der Waals surface area contributed by atoms with Crippen molar-refractivity contribution >= 4 is 17.2 Å². The SMILES string of the molecule is CCCCCCCCCCCCCCCCNCc1cccc(-c2nn3nc(C(C)(C)C)c(Cl)c3[nH]2)c1. The van der Waals surface area contributed by atoms with Gasteiger partial charge in [-0.05, 0) is 24.6 Å². The lowest BCUT2D eigenvalue weighted by atomic mass is 9.92. The van der Waals surface area contributed by atoms with Gasteiger partial charge in [0.05, 0.1) is 5.69 Å². The molecular weight excluding hydrogens is 478 g/mol. The highest BCUT2D eigenvalue weighted by Gasteiger charge is 2.25. The first-order valence-electron chi connectivity index (χ1n) is 14.8. The van der Waals surface area contributed by atoms with Crippen LogP contribution in [0, 0.1) is 0 Å². The van der Waals surface area contributed by atoms with E-state index in [1.54, 1.807) is 4.63 Å². The Morgan fingerprint density at radius 1 is 0.838 bits per heavy atom. The van der Waals surface area contributed by atoms with Crippen LogP contribution in [0.15, 0.2) is 24.3 Å². The second kappa shape index (κ2) is 15.5. The molecule has 0 fully saturated rings. The minimum Gasteiger partial charge on any atom is -0.320 e. The Hall–Kier alpha value is -1.85. The van der Waals surface area contributed by atoms with Gasteiger partial charge in [-0.25, -0.2) is 0 Å². The molecule has 0 atom stereocenters. The maximum absolute atomic E-state index is 6.59. The van der Waals surface area contributed by atoms with Crippen molar-refractivity contribution in [2.75, 3.05) is 6.54 Å². The van der Waals surface area contributed by atoms with Crippen LogP contribution in [0.5, 0.6) is 0 Å². The summed E-state index contributed by atoms with van der Waals surface area (Å²) >= 11 is 6.59. The van der Waals surface area contributed by atoms with Crippen LogP contribution in [0.3, 0.4) is 0 Å². The zero-order valence-corrected chi connectivity index (χ0v) is 24.6. The summed E-state index contributed by atoms with van der Waals surface area (Å²) < 4.78 is 1.62. The maximum Gasteiger partial charge on any atom is 0.175 e. The third-order valence-corrected chi connectivity index (χ3v) is 7.55. The molecule has 3 rings (SSSR count). The van der Waals surface area contributed by atoms with Crippen LogP contribution in [-0.4, -0.2) is 26.4 Å². The van der Waals surface area contributed by atoms with E-state index in [9.17, 15) is 0 Å². The molecule has 0 saturated carbocycles. The van der Waals surface area contributed by atoms with Gasteiger partial charge in [-0.3, -0.25) is 0 Å². The van der Waals surface area contributed by atoms with Gasteiger partial charge >= 0.3 is 0 Å². The Morgan fingerprint density at radius 3 is 2.00 bits per heavy atom. The monoisotopic (exact) mass is 527 g/mol. The molecule has 0 aliphatic carbocycles. The average molecular weight is 528 g/mol. The van der Waals surface area contributed by atoms with Crippen molar-refractivity contribution in [2.24, 2.45) is 0 Å². The van der Waals surface area contributed by atoms with Crippen LogP contribution in [0.2, 0.25) is 5.02 Å². The van der Waals surface area contributed by atoms with Crippen LogP contribution >= 0.6 is 11.6 Å². The first-order valence-corrected chi connectivity index (χ1v) is 15.2. The van der Waals surface area contributed by atoms with Crippen LogP contribution in [0.1, 0.15) is 129 Å². The van der Waals surface area contributed by atoms with Crippen LogP contribution in [-0.2, 0) is 12.0 Å². The molecule has 0 bridgehead atoms. The molecule has 5 nitrogen and oxygen atoms in total. The summed E-state index contributed by atoms with van der Waals surface area (Å²) in [7, 11) is 0. The molecule has 2 N–H and O–H groups in total. The lowest BCUT2D eigenvalue weighted by Gasteiger charge is -2.14. The smallest absolute Gasteiger partial charge is 0.175 e. The lowest BCUT2D eigenvalue weighted by Crippen LogP contribution is -2.14. The van der Waals surface area contributed by atoms with Gasteiger partial charge in [0.2, 0.25) is 0 Å². The number of aromatic amines is 1. The highest BCUT2D eigenvalue weighted by atomic mass is 35.5. The normalized spacial score (nSPS) is 12.1. The summed E-state index contributed by atoms with van der Waals surface area (Å²) in [4.78, 5) is 3.36. The van der Waals surface area contributed by atoms with Crippen molar-refractivity contribution in [3.05, 3.63) is 40.5 Å². The first kappa shape index (κ1) is 29.7. The zero-order chi connectivity index (χ0) is 26.5. The summed E-state index contributed by atoms with van der Waals surface area (Å²) in [5.41, 5.74) is 3.81. The number of hydrogen-bond donors (Lipinski definition) is 2. The molecule has 37 heavy (non-hydrogen) atoms. The van der Waals surface area contributed by atoms with E-state index >= 15 is 0 Å². The fraction of sp³-hybridized carbons (Fsp3) is 0.677. The molecule has 0 aliphatic heterocycles. The van der Waals surface area contributed by atoms with Crippen molar-refractivity contribution in [1.82, 2.24) is 25.1 Å². The third kappa shape index (κ3) is 9.76. The minimum atomic E-state index is -0.121. The fourth-order valence-electron chi connectivity index (χ4n) is 4.91. The highest BCUT2D eigenvalue weighted by molar-refractivity contribution is 6.34. The summed E-state index contributed by atoms with van der Waals surface area (Å²) in [6.45, 7) is 10.6. The molecule has 0 aliphatic rings. The Kier molecular flexibility index (Phi) is 12.5. The van der Waals surface area contributed by atoms with Gasteiger partial charge in [-0.2, -0.15) is 5.10 Å². The van der Waals surface area contributed by atoms with Crippen LogP contribution < -0.4 is 5.32 Å². The Labute approximate surface area is 230 Å². The predicted molar refractivity (Wildman–Crippen MR) is 159 cm³/mol. The van der Waals surface area contributed by atoms with Gasteiger partial charge in [0.15, 0.2) is 11.5 Å². The number of H-pyrrole nitrogens is 1. The summed E-state index contributed by atoms with van der Waals surface area (Å²) in [6, 6.07) is 8.52. The molecule has 3 aromatic rings. The van der Waals surface area contributed by atoms with Gasteiger partial charge in [-0.15, -0.1) is 9.73 Å². The standard InChI is InChI=1S/C31H50ClN5/c1-5-6-7-8-9-10-11-12-13-14-15-16-17-18-22-33-24-25-20-19-21-26(23-25)29-34-30-27(32)28(31(2,3)4)35-37(30)36-29/h19-21,23,33H,5-18,22,24H2,1-4H3,(H,34,36). The van der Waals surface area contributed by atoms with E-state index in [-0.39, 0.29) is 5.41 Å². The van der Waals surface area contributed by atoms with Crippen molar-refractivity contribution in [3.8, 4) is 11.4 Å². The van der Waals surface area contributed by atoms with E-state index in [0.29, 0.717) is 5.02 Å². The van der Waals surface area contributed by atoms with Crippen molar-refractivity contribution in [2.45, 2.75) is 130 Å². The molecule has 0 saturated heterocycles. The zero-order valence-electron chi connectivity index (χ0n) is 23.8. The molecule has 0 amide bonds.